The number of amides is 1. The fourth-order valence-corrected chi connectivity index (χ4v) is 2.14. The molecule has 0 spiro atoms. The second-order valence-electron chi connectivity index (χ2n) is 4.71. The first kappa shape index (κ1) is 13.6. The van der Waals surface area contributed by atoms with E-state index in [4.69, 9.17) is 20.9 Å². The Morgan fingerprint density at radius 2 is 2.37 bits per heavy atom. The quantitative estimate of drug-likeness (QED) is 0.676. The Labute approximate surface area is 112 Å². The van der Waals surface area contributed by atoms with E-state index < -0.39 is 5.91 Å². The molecule has 1 aliphatic rings. The number of primary amides is 1. The monoisotopic (exact) mass is 265 g/mol. The van der Waals surface area contributed by atoms with Crippen LogP contribution in [0.15, 0.2) is 18.2 Å². The van der Waals surface area contributed by atoms with E-state index in [1.807, 2.05) is 0 Å². The van der Waals surface area contributed by atoms with Gasteiger partial charge in [-0.05, 0) is 18.2 Å². The molecule has 1 aromatic rings. The van der Waals surface area contributed by atoms with Gasteiger partial charge in [0.1, 0.15) is 5.60 Å². The number of nitrogens with one attached hydrogen (secondary N) is 1. The highest BCUT2D eigenvalue weighted by Gasteiger charge is 2.34. The summed E-state index contributed by atoms with van der Waals surface area (Å²) in [6.45, 7) is 1.74. The fraction of sp³-hybridized carbons (Fsp3) is 0.462. The molecule has 1 aliphatic heterocycles. The Morgan fingerprint density at radius 3 is 2.95 bits per heavy atom. The molecule has 19 heavy (non-hydrogen) atoms. The minimum absolute atomic E-state index is 0.362. The van der Waals surface area contributed by atoms with Crippen LogP contribution < -0.4 is 16.8 Å². The third-order valence-corrected chi connectivity index (χ3v) is 3.41. The van der Waals surface area contributed by atoms with Gasteiger partial charge in [-0.2, -0.15) is 0 Å². The van der Waals surface area contributed by atoms with Crippen LogP contribution in [0.5, 0.6) is 0 Å². The molecule has 1 aromatic carbocycles. The van der Waals surface area contributed by atoms with Gasteiger partial charge in [-0.25, -0.2) is 0 Å². The number of ether oxygens (including phenoxy) is 2. The van der Waals surface area contributed by atoms with E-state index in [1.165, 1.54) is 0 Å². The van der Waals surface area contributed by atoms with Crippen LogP contribution in [0.25, 0.3) is 0 Å². The molecule has 6 nitrogen and oxygen atoms in total. The number of nitrogen functional groups attached to an aromatic ring is 1. The van der Waals surface area contributed by atoms with Crippen LogP contribution in [-0.2, 0) is 9.47 Å². The molecule has 6 heteroatoms. The zero-order chi connectivity index (χ0) is 13.9. The molecule has 104 valence electrons. The largest absolute Gasteiger partial charge is 0.399 e. The average molecular weight is 265 g/mol. The molecule has 1 heterocycles. The summed E-state index contributed by atoms with van der Waals surface area (Å²) in [6, 6.07) is 4.96. The van der Waals surface area contributed by atoms with Crippen LogP contribution in [-0.4, -0.2) is 38.4 Å². The van der Waals surface area contributed by atoms with E-state index in [9.17, 15) is 4.79 Å². The van der Waals surface area contributed by atoms with Crippen molar-refractivity contribution in [2.24, 2.45) is 5.73 Å². The summed E-state index contributed by atoms with van der Waals surface area (Å²) >= 11 is 0. The number of rotatable bonds is 5. The third-order valence-electron chi connectivity index (χ3n) is 3.41. The van der Waals surface area contributed by atoms with Gasteiger partial charge in [0.2, 0.25) is 0 Å². The molecular weight excluding hydrogens is 246 g/mol. The van der Waals surface area contributed by atoms with Crippen molar-refractivity contribution in [3.05, 3.63) is 23.8 Å². The van der Waals surface area contributed by atoms with E-state index in [0.29, 0.717) is 36.7 Å². The summed E-state index contributed by atoms with van der Waals surface area (Å²) in [5.74, 6) is -0.489. The summed E-state index contributed by atoms with van der Waals surface area (Å²) in [7, 11) is 1.66. The van der Waals surface area contributed by atoms with Crippen LogP contribution in [0.2, 0.25) is 0 Å². The smallest absolute Gasteiger partial charge is 0.250 e. The maximum absolute atomic E-state index is 11.4. The number of carbonyl (C=O) groups is 1. The highest BCUT2D eigenvalue weighted by atomic mass is 16.5. The summed E-state index contributed by atoms with van der Waals surface area (Å²) in [5, 5.41) is 3.18. The second-order valence-corrected chi connectivity index (χ2v) is 4.71. The molecule has 5 N–H and O–H groups in total. The van der Waals surface area contributed by atoms with Gasteiger partial charge >= 0.3 is 0 Å². The lowest BCUT2D eigenvalue weighted by Gasteiger charge is -2.27. The van der Waals surface area contributed by atoms with E-state index in [-0.39, 0.29) is 5.60 Å². The van der Waals surface area contributed by atoms with Crippen molar-refractivity contribution in [2.45, 2.75) is 12.0 Å². The molecule has 0 aliphatic carbocycles. The van der Waals surface area contributed by atoms with Crippen LogP contribution in [0.3, 0.4) is 0 Å². The van der Waals surface area contributed by atoms with Crippen molar-refractivity contribution >= 4 is 17.3 Å². The predicted molar refractivity (Wildman–Crippen MR) is 73.0 cm³/mol. The predicted octanol–water partition coefficient (Wildman–Crippen LogP) is 0.585. The Bertz CT molecular complexity index is 470. The van der Waals surface area contributed by atoms with E-state index >= 15 is 0 Å². The van der Waals surface area contributed by atoms with Crippen molar-refractivity contribution in [2.75, 3.05) is 37.9 Å². The molecule has 1 fully saturated rings. The lowest BCUT2D eigenvalue weighted by atomic mass is 10.0. The molecule has 0 bridgehead atoms. The first-order valence-corrected chi connectivity index (χ1v) is 6.12. The van der Waals surface area contributed by atoms with Crippen LogP contribution in [0, 0.1) is 0 Å². The average Bonchev–Trinajstić information content (AvgIpc) is 2.85. The number of benzene rings is 1. The van der Waals surface area contributed by atoms with Crippen molar-refractivity contribution in [1.82, 2.24) is 0 Å². The van der Waals surface area contributed by atoms with Gasteiger partial charge in [0, 0.05) is 38.1 Å². The van der Waals surface area contributed by atoms with Crippen LogP contribution in [0.4, 0.5) is 11.4 Å². The lowest BCUT2D eigenvalue weighted by Crippen LogP contribution is -2.40. The number of anilines is 2. The van der Waals surface area contributed by atoms with Gasteiger partial charge in [0.05, 0.1) is 12.2 Å². The normalized spacial score (nSPS) is 22.4. The van der Waals surface area contributed by atoms with Crippen molar-refractivity contribution < 1.29 is 14.3 Å². The number of carbonyl (C=O) groups excluding carboxylic acids is 1. The standard InChI is InChI=1S/C13H19N3O3/c1-18-13(4-5-19-8-13)7-16-11-6-9(14)2-3-10(11)12(15)17/h2-3,6,16H,4-5,7-8,14H2,1H3,(H2,15,17). The molecule has 0 saturated carbocycles. The highest BCUT2D eigenvalue weighted by molar-refractivity contribution is 5.99. The summed E-state index contributed by atoms with van der Waals surface area (Å²) in [5.41, 5.74) is 12.3. The van der Waals surface area contributed by atoms with Gasteiger partial charge in [0.15, 0.2) is 0 Å². The number of methoxy groups -OCH3 is 1. The van der Waals surface area contributed by atoms with E-state index in [0.717, 1.165) is 6.42 Å². The number of hydrogen-bond donors (Lipinski definition) is 3. The Morgan fingerprint density at radius 1 is 1.58 bits per heavy atom. The maximum Gasteiger partial charge on any atom is 0.250 e. The second kappa shape index (κ2) is 5.46. The van der Waals surface area contributed by atoms with Crippen LogP contribution in [0.1, 0.15) is 16.8 Å². The first-order valence-electron chi connectivity index (χ1n) is 6.12. The molecule has 2 rings (SSSR count). The molecule has 1 amide bonds. The van der Waals surface area contributed by atoms with Crippen molar-refractivity contribution in [3.8, 4) is 0 Å². The summed E-state index contributed by atoms with van der Waals surface area (Å²) in [4.78, 5) is 11.4. The molecule has 1 atom stereocenters. The zero-order valence-electron chi connectivity index (χ0n) is 10.9. The van der Waals surface area contributed by atoms with Gasteiger partial charge in [-0.1, -0.05) is 0 Å². The van der Waals surface area contributed by atoms with Crippen LogP contribution >= 0.6 is 0 Å². The number of hydrogen-bond acceptors (Lipinski definition) is 5. The lowest BCUT2D eigenvalue weighted by molar-refractivity contribution is -0.00621. The minimum Gasteiger partial charge on any atom is -0.399 e. The van der Waals surface area contributed by atoms with Crippen molar-refractivity contribution in [1.29, 1.82) is 0 Å². The first-order chi connectivity index (χ1) is 9.06. The zero-order valence-corrected chi connectivity index (χ0v) is 10.9. The topological polar surface area (TPSA) is 99.6 Å². The van der Waals surface area contributed by atoms with E-state index in [1.54, 1.807) is 25.3 Å². The van der Waals surface area contributed by atoms with Crippen molar-refractivity contribution in [3.63, 3.8) is 0 Å². The van der Waals surface area contributed by atoms with Gasteiger partial charge in [0.25, 0.3) is 5.91 Å². The Kier molecular flexibility index (Phi) is 3.92. The molecule has 1 saturated heterocycles. The molecule has 0 aromatic heterocycles. The van der Waals surface area contributed by atoms with Gasteiger partial charge in [-0.3, -0.25) is 4.79 Å². The van der Waals surface area contributed by atoms with E-state index in [2.05, 4.69) is 5.32 Å². The molecule has 0 radical (unpaired) electrons. The maximum atomic E-state index is 11.4. The molecular formula is C13H19N3O3. The SMILES string of the molecule is COC1(CNc2cc(N)ccc2C(N)=O)CCOC1. The van der Waals surface area contributed by atoms with Gasteiger partial charge < -0.3 is 26.3 Å². The fourth-order valence-electron chi connectivity index (χ4n) is 2.14. The highest BCUT2D eigenvalue weighted by Crippen LogP contribution is 2.25. The Balaban J connectivity index is 2.14. The van der Waals surface area contributed by atoms with Gasteiger partial charge in [-0.15, -0.1) is 0 Å². The summed E-state index contributed by atoms with van der Waals surface area (Å²) in [6.07, 6.45) is 0.810. The number of nitrogens with two attached hydrogens (primary N) is 2. The summed E-state index contributed by atoms with van der Waals surface area (Å²) < 4.78 is 10.9. The minimum atomic E-state index is -0.489. The third kappa shape index (κ3) is 2.97. The Hall–Kier alpha value is -1.79. The molecule has 1 unspecified atom stereocenters.